The van der Waals surface area contributed by atoms with Gasteiger partial charge in [-0.05, 0) is 133 Å². The van der Waals surface area contributed by atoms with Gasteiger partial charge in [0.2, 0.25) is 0 Å². The maximum atomic E-state index is 11.2. The molecule has 0 fully saturated rings. The second-order valence-electron chi connectivity index (χ2n) is 21.8. The van der Waals surface area contributed by atoms with Crippen molar-refractivity contribution in [2.45, 2.75) is 211 Å². The van der Waals surface area contributed by atoms with E-state index in [1.165, 1.54) is 20.8 Å². The molecule has 0 bridgehead atoms. The van der Waals surface area contributed by atoms with Gasteiger partial charge in [-0.25, -0.2) is 38.4 Å². The number of hydrogen-bond acceptors (Lipinski definition) is 23. The number of hydrogen-bond donors (Lipinski definition) is 0. The molecule has 0 saturated heterocycles. The lowest BCUT2D eigenvalue weighted by molar-refractivity contribution is -0.149. The van der Waals surface area contributed by atoms with Crippen LogP contribution < -0.4 is 0 Å². The van der Waals surface area contributed by atoms with Gasteiger partial charge in [0, 0.05) is 97.5 Å². The Kier molecular flexibility index (Phi) is 73.3. The number of ketones is 7. The third-order valence-corrected chi connectivity index (χ3v) is 11.2. The van der Waals surface area contributed by atoms with E-state index in [4.69, 9.17) is 33.2 Å². The van der Waals surface area contributed by atoms with Crippen LogP contribution >= 0.6 is 0 Å². The Morgan fingerprint density at radius 3 is 0.684 bits per heavy atom. The Balaban J connectivity index is -0.000000191. The molecule has 0 amide bonds. The molecule has 0 unspecified atom stereocenters. The topological polar surface area (TPSA) is 330 Å². The molecular weight excluding hydrogens is 1230 g/mol. The first kappa shape index (κ1) is 99.9. The molecule has 0 aromatic heterocycles. The highest BCUT2D eigenvalue weighted by atomic mass is 16.6. The highest BCUT2D eigenvalue weighted by Gasteiger charge is 2.30. The van der Waals surface area contributed by atoms with Crippen molar-refractivity contribution in [1.82, 2.24) is 0 Å². The fourth-order valence-corrected chi connectivity index (χ4v) is 6.17. The average molecular weight is 1350 g/mol. The molecule has 0 aliphatic heterocycles. The van der Waals surface area contributed by atoms with E-state index >= 15 is 0 Å². The Morgan fingerprint density at radius 2 is 0.453 bits per heavy atom. The van der Waals surface area contributed by atoms with E-state index in [9.17, 15) is 71.9 Å². The van der Waals surface area contributed by atoms with Gasteiger partial charge in [-0.2, -0.15) is 0 Å². The number of rotatable bonds is 46. The number of unbranched alkanes of at least 4 members (excludes halogenated alkanes) is 8. The van der Waals surface area contributed by atoms with Crippen LogP contribution in [0.3, 0.4) is 0 Å². The Labute approximate surface area is 564 Å². The average Bonchev–Trinajstić information content (AvgIpc) is 1.09. The summed E-state index contributed by atoms with van der Waals surface area (Å²) in [6.45, 7) is 46.2. The second-order valence-corrected chi connectivity index (χ2v) is 21.8. The lowest BCUT2D eigenvalue weighted by Crippen LogP contribution is -2.33. The Bertz CT molecular complexity index is 2410. The maximum Gasteiger partial charge on any atom is 0.333 e. The van der Waals surface area contributed by atoms with Crippen molar-refractivity contribution in [1.29, 1.82) is 0 Å². The largest absolute Gasteiger partial charge is 0.463 e. The summed E-state index contributed by atoms with van der Waals surface area (Å²) >= 11 is 0. The minimum atomic E-state index is -0.747. The molecule has 23 nitrogen and oxygen atoms in total. The first-order chi connectivity index (χ1) is 44.4. The van der Waals surface area contributed by atoms with Crippen molar-refractivity contribution < 1.29 is 110 Å². The molecule has 0 rings (SSSR count). The van der Waals surface area contributed by atoms with Gasteiger partial charge >= 0.3 is 47.8 Å². The SMILES string of the molecule is C=C(C)C(=O)OCCCC(C)=O.C=C(C)C(=O)OCCCCC(C)=O.C=C(C)C(=O)OCCCCCCC(C)=O.C=CC(=O)OCC(C)(COC(=O)C=C)CC(C)=O.C=CC(=O)OCCCC(C)=O.C=CC(=O)OCCCCC(C)=O.C=CC(=O)OCCCCCCC(C)=O. The third-order valence-electron chi connectivity index (χ3n) is 11.2. The molecule has 0 N–H and O–H groups in total. The lowest BCUT2D eigenvalue weighted by Gasteiger charge is -2.26. The highest BCUT2D eigenvalue weighted by molar-refractivity contribution is 5.88. The van der Waals surface area contributed by atoms with E-state index in [2.05, 4.69) is 57.4 Å². The first-order valence-electron chi connectivity index (χ1n) is 31.3. The van der Waals surface area contributed by atoms with Gasteiger partial charge in [-0.15, -0.1) is 0 Å². The van der Waals surface area contributed by atoms with Crippen LogP contribution in [0.15, 0.2) is 99.7 Å². The van der Waals surface area contributed by atoms with Crippen LogP contribution in [-0.2, 0) is 110 Å². The van der Waals surface area contributed by atoms with Crippen LogP contribution in [0.25, 0.3) is 0 Å². The van der Waals surface area contributed by atoms with E-state index in [1.807, 2.05) is 0 Å². The zero-order chi connectivity index (χ0) is 74.6. The highest BCUT2D eigenvalue weighted by Crippen LogP contribution is 2.23. The van der Waals surface area contributed by atoms with Crippen molar-refractivity contribution in [2.24, 2.45) is 5.41 Å². The van der Waals surface area contributed by atoms with Crippen molar-refractivity contribution >= 4 is 88.2 Å². The molecule has 0 saturated carbocycles. The van der Waals surface area contributed by atoms with Crippen LogP contribution in [0.1, 0.15) is 211 Å². The normalized spacial score (nSPS) is 9.51. The fraction of sp³-hybridized carbons (Fsp3) is 0.569. The van der Waals surface area contributed by atoms with Crippen LogP contribution in [0.5, 0.6) is 0 Å². The molecule has 0 spiro atoms. The summed E-state index contributed by atoms with van der Waals surface area (Å²) < 4.78 is 38.4. The zero-order valence-electron chi connectivity index (χ0n) is 58.9. The van der Waals surface area contributed by atoms with Crippen LogP contribution in [0.4, 0.5) is 0 Å². The maximum absolute atomic E-state index is 11.2. The van der Waals surface area contributed by atoms with Crippen LogP contribution in [0.2, 0.25) is 0 Å². The molecule has 0 atom stereocenters. The minimum absolute atomic E-state index is 0.0259. The monoisotopic (exact) mass is 1340 g/mol. The lowest BCUT2D eigenvalue weighted by atomic mass is 9.87. The van der Waals surface area contributed by atoms with E-state index in [-0.39, 0.29) is 78.0 Å². The summed E-state index contributed by atoms with van der Waals surface area (Å²) in [6, 6.07) is 0. The van der Waals surface area contributed by atoms with E-state index in [0.29, 0.717) is 108 Å². The smallest absolute Gasteiger partial charge is 0.333 e. The van der Waals surface area contributed by atoms with Crippen molar-refractivity contribution in [3.8, 4) is 0 Å². The standard InChI is InChI=1S/C13H18O5.C12H20O3.C11H18O3.C10H16O3.2C9H14O3.C8H12O3/c1-5-11(15)17-8-13(4,7-10(3)14)9-18-12(16)6-2;1-10(2)12(14)15-9-7-5-4-6-8-11(3)13;1-3-11(13)14-9-7-5-4-6-8-10(2)12;1-8(2)10(12)13-7-5-4-6-9(3)11;1-7(2)9(11)12-6-4-5-8(3)10;1-3-9(11)12-7-5-4-6-8(2)10;1-3-8(10)11-6-4-5-7(2)9/h5-6H,1-2,7-9H2,3-4H3;1,4-9H2,2-3H3;3H,1,4-9H2,2H3;1,4-7H2,2-3H3;1,4-6H2,2-3H3;3H,1,4-7H2,2H3;3H,1,4-6H2,2H3. The van der Waals surface area contributed by atoms with Crippen molar-refractivity contribution in [3.63, 3.8) is 0 Å². The summed E-state index contributed by atoms with van der Waals surface area (Å²) in [5, 5.41) is 0. The van der Waals surface area contributed by atoms with E-state index in [1.54, 1.807) is 55.4 Å². The molecule has 0 aromatic carbocycles. The molecule has 23 heteroatoms. The molecule has 538 valence electrons. The number of ether oxygens (including phenoxy) is 8. The summed E-state index contributed by atoms with van der Waals surface area (Å²) in [5.41, 5.74) is 0.486. The molecule has 0 aliphatic carbocycles. The molecular formula is C72H112O23. The summed E-state index contributed by atoms with van der Waals surface area (Å²) in [4.78, 5) is 160. The van der Waals surface area contributed by atoms with Crippen LogP contribution in [-0.4, -0.2) is 141 Å². The van der Waals surface area contributed by atoms with E-state index < -0.39 is 35.3 Å². The molecule has 95 heavy (non-hydrogen) atoms. The summed E-state index contributed by atoms with van der Waals surface area (Å²) in [5.74, 6) is -2.48. The second kappa shape index (κ2) is 69.7. The Morgan fingerprint density at radius 1 is 0.263 bits per heavy atom. The predicted octanol–water partition coefficient (Wildman–Crippen LogP) is 12.2. The molecule has 0 aromatic rings. The number of carbonyl (C=O) groups is 15. The number of esters is 8. The van der Waals surface area contributed by atoms with Gasteiger partial charge in [-0.3, -0.25) is 0 Å². The van der Waals surface area contributed by atoms with Gasteiger partial charge in [-0.1, -0.05) is 85.2 Å². The predicted molar refractivity (Wildman–Crippen MR) is 363 cm³/mol. The van der Waals surface area contributed by atoms with Gasteiger partial charge in [0.25, 0.3) is 0 Å². The van der Waals surface area contributed by atoms with Gasteiger partial charge in [0.15, 0.2) is 0 Å². The fourth-order valence-electron chi connectivity index (χ4n) is 6.17. The molecule has 0 aliphatic rings. The number of Topliss-reactive ketones (excluding diaryl/α,β-unsaturated/α-hetero) is 7. The number of carbonyl (C=O) groups excluding carboxylic acids is 15. The quantitative estimate of drug-likeness (QED) is 0.0236. The molecule has 0 radical (unpaired) electrons. The first-order valence-corrected chi connectivity index (χ1v) is 31.3. The van der Waals surface area contributed by atoms with Gasteiger partial charge in [0.1, 0.15) is 53.7 Å². The van der Waals surface area contributed by atoms with Gasteiger partial charge < -0.3 is 71.5 Å². The summed E-state index contributed by atoms with van der Waals surface area (Å²) in [7, 11) is 0. The minimum Gasteiger partial charge on any atom is -0.463 e. The summed E-state index contributed by atoms with van der Waals surface area (Å²) in [6.07, 6.45) is 20.8. The Hall–Kier alpha value is -8.63. The molecule has 0 heterocycles. The van der Waals surface area contributed by atoms with Crippen LogP contribution in [0, 0.1) is 5.41 Å². The zero-order valence-corrected chi connectivity index (χ0v) is 58.9. The van der Waals surface area contributed by atoms with Gasteiger partial charge in [0.05, 0.1) is 39.6 Å². The third kappa shape index (κ3) is 91.9. The van der Waals surface area contributed by atoms with Crippen molar-refractivity contribution in [2.75, 3.05) is 52.9 Å². The van der Waals surface area contributed by atoms with E-state index in [0.717, 1.165) is 107 Å². The van der Waals surface area contributed by atoms with Crippen molar-refractivity contribution in [3.05, 3.63) is 99.7 Å².